The monoisotopic (exact) mass is 269 g/mol. The summed E-state index contributed by atoms with van der Waals surface area (Å²) >= 11 is 0. The van der Waals surface area contributed by atoms with Crippen LogP contribution < -0.4 is 5.32 Å². The van der Waals surface area contributed by atoms with Gasteiger partial charge in [-0.1, -0.05) is 17.9 Å². The van der Waals surface area contributed by atoms with Crippen molar-refractivity contribution in [3.8, 4) is 11.8 Å². The number of hydrogen-bond acceptors (Lipinski definition) is 3. The van der Waals surface area contributed by atoms with E-state index in [2.05, 4.69) is 22.3 Å². The van der Waals surface area contributed by atoms with Crippen molar-refractivity contribution in [3.63, 3.8) is 0 Å². The fourth-order valence-corrected chi connectivity index (χ4v) is 1.63. The van der Waals surface area contributed by atoms with Gasteiger partial charge in [-0.25, -0.2) is 0 Å². The third-order valence-corrected chi connectivity index (χ3v) is 2.55. The van der Waals surface area contributed by atoms with Crippen LogP contribution in [0.4, 0.5) is 5.82 Å². The molecule has 0 radical (unpaired) electrons. The van der Waals surface area contributed by atoms with Crippen LogP contribution in [0.5, 0.6) is 0 Å². The third kappa shape index (κ3) is 3.70. The molecule has 2 rings (SSSR count). The summed E-state index contributed by atoms with van der Waals surface area (Å²) in [6.07, 6.45) is 2.18. The zero-order chi connectivity index (χ0) is 14.4. The first-order valence-corrected chi connectivity index (χ1v) is 6.20. The highest BCUT2D eigenvalue weighted by Crippen LogP contribution is 2.08. The zero-order valence-corrected chi connectivity index (χ0v) is 11.1. The molecule has 0 bridgehead atoms. The van der Waals surface area contributed by atoms with Crippen molar-refractivity contribution in [1.82, 2.24) is 9.78 Å². The smallest absolute Gasteiger partial charge is 0.256 e. The molecular formula is C15H15N3O2. The van der Waals surface area contributed by atoms with Crippen LogP contribution in [0, 0.1) is 11.8 Å². The van der Waals surface area contributed by atoms with Crippen molar-refractivity contribution in [3.05, 3.63) is 47.7 Å². The maximum absolute atomic E-state index is 12.1. The zero-order valence-electron chi connectivity index (χ0n) is 11.1. The summed E-state index contributed by atoms with van der Waals surface area (Å²) in [5, 5.41) is 15.5. The van der Waals surface area contributed by atoms with Crippen molar-refractivity contribution in [2.45, 2.75) is 6.42 Å². The van der Waals surface area contributed by atoms with E-state index in [1.54, 1.807) is 42.2 Å². The van der Waals surface area contributed by atoms with Gasteiger partial charge in [0.05, 0.1) is 6.61 Å². The molecule has 0 fully saturated rings. The van der Waals surface area contributed by atoms with Gasteiger partial charge in [-0.3, -0.25) is 9.48 Å². The number of hydrogen-bond donors (Lipinski definition) is 2. The van der Waals surface area contributed by atoms with Crippen molar-refractivity contribution in [2.75, 3.05) is 11.9 Å². The Morgan fingerprint density at radius 3 is 3.00 bits per heavy atom. The van der Waals surface area contributed by atoms with Crippen LogP contribution in [0.25, 0.3) is 0 Å². The van der Waals surface area contributed by atoms with E-state index in [-0.39, 0.29) is 12.5 Å². The molecule has 0 aliphatic heterocycles. The Bertz CT molecular complexity index is 665. The number of benzene rings is 1. The molecule has 0 saturated heterocycles. The van der Waals surface area contributed by atoms with Crippen molar-refractivity contribution in [1.29, 1.82) is 0 Å². The second-order valence-electron chi connectivity index (χ2n) is 4.18. The number of nitrogens with zero attached hydrogens (tertiary/aromatic N) is 2. The maximum Gasteiger partial charge on any atom is 0.256 e. The predicted octanol–water partition coefficient (Wildman–Crippen LogP) is 1.41. The first-order chi connectivity index (χ1) is 9.69. The minimum absolute atomic E-state index is 0.0346. The standard InChI is InChI=1S/C15H15N3O2/c1-18-9-8-14(17-18)16-15(20)13-7-4-6-12(11-13)5-2-3-10-19/h4,6-9,11,19H,3,10H2,1H3,(H,16,17,20). The van der Waals surface area contributed by atoms with E-state index < -0.39 is 0 Å². The van der Waals surface area contributed by atoms with E-state index in [0.29, 0.717) is 17.8 Å². The molecule has 5 nitrogen and oxygen atoms in total. The minimum Gasteiger partial charge on any atom is -0.395 e. The van der Waals surface area contributed by atoms with E-state index >= 15 is 0 Å². The van der Waals surface area contributed by atoms with Gasteiger partial charge in [0.25, 0.3) is 5.91 Å². The minimum atomic E-state index is -0.227. The van der Waals surface area contributed by atoms with Gasteiger partial charge in [-0.15, -0.1) is 0 Å². The van der Waals surface area contributed by atoms with Gasteiger partial charge in [0.15, 0.2) is 5.82 Å². The van der Waals surface area contributed by atoms with Gasteiger partial charge < -0.3 is 10.4 Å². The summed E-state index contributed by atoms with van der Waals surface area (Å²) in [5.74, 6) is 6.00. The van der Waals surface area contributed by atoms with E-state index in [1.807, 2.05) is 6.07 Å². The second-order valence-corrected chi connectivity index (χ2v) is 4.18. The van der Waals surface area contributed by atoms with E-state index in [1.165, 1.54) is 0 Å². The number of aliphatic hydroxyl groups is 1. The Kier molecular flexibility index (Phi) is 4.53. The topological polar surface area (TPSA) is 67.2 Å². The average molecular weight is 269 g/mol. The molecule has 0 aliphatic rings. The van der Waals surface area contributed by atoms with Gasteiger partial charge in [-0.05, 0) is 18.2 Å². The van der Waals surface area contributed by atoms with E-state index in [9.17, 15) is 4.79 Å². The number of rotatable bonds is 3. The van der Waals surface area contributed by atoms with E-state index in [0.717, 1.165) is 5.56 Å². The predicted molar refractivity (Wildman–Crippen MR) is 76.2 cm³/mol. The lowest BCUT2D eigenvalue weighted by molar-refractivity contribution is 0.102. The van der Waals surface area contributed by atoms with Crippen LogP contribution in [-0.2, 0) is 7.05 Å². The maximum atomic E-state index is 12.1. The summed E-state index contributed by atoms with van der Waals surface area (Å²) in [5.41, 5.74) is 1.26. The third-order valence-electron chi connectivity index (χ3n) is 2.55. The van der Waals surface area contributed by atoms with Gasteiger partial charge in [0.1, 0.15) is 0 Å². The molecular weight excluding hydrogens is 254 g/mol. The van der Waals surface area contributed by atoms with Crippen LogP contribution in [0.2, 0.25) is 0 Å². The molecule has 0 saturated carbocycles. The lowest BCUT2D eigenvalue weighted by atomic mass is 10.1. The molecule has 0 spiro atoms. The quantitative estimate of drug-likeness (QED) is 0.828. The number of amides is 1. The lowest BCUT2D eigenvalue weighted by Gasteiger charge is -2.02. The fourth-order valence-electron chi connectivity index (χ4n) is 1.63. The summed E-state index contributed by atoms with van der Waals surface area (Å²) < 4.78 is 1.62. The largest absolute Gasteiger partial charge is 0.395 e. The number of aryl methyl sites for hydroxylation is 1. The lowest BCUT2D eigenvalue weighted by Crippen LogP contribution is -2.12. The number of anilines is 1. The summed E-state index contributed by atoms with van der Waals surface area (Å²) in [6.45, 7) is 0.0346. The summed E-state index contributed by atoms with van der Waals surface area (Å²) in [4.78, 5) is 12.1. The Hall–Kier alpha value is -2.58. The average Bonchev–Trinajstić information content (AvgIpc) is 2.85. The summed E-state index contributed by atoms with van der Waals surface area (Å²) in [7, 11) is 1.78. The van der Waals surface area contributed by atoms with Crippen LogP contribution in [0.1, 0.15) is 22.3 Å². The number of aromatic nitrogens is 2. The van der Waals surface area contributed by atoms with Crippen molar-refractivity contribution >= 4 is 11.7 Å². The normalized spacial score (nSPS) is 9.70. The number of aliphatic hydroxyl groups excluding tert-OH is 1. The molecule has 1 heterocycles. The Labute approximate surface area is 117 Å². The molecule has 1 aromatic carbocycles. The molecule has 0 atom stereocenters. The van der Waals surface area contributed by atoms with Crippen LogP contribution >= 0.6 is 0 Å². The van der Waals surface area contributed by atoms with Gasteiger partial charge in [-0.2, -0.15) is 5.10 Å². The van der Waals surface area contributed by atoms with Crippen LogP contribution in [0.3, 0.4) is 0 Å². The molecule has 0 aliphatic carbocycles. The molecule has 102 valence electrons. The second kappa shape index (κ2) is 6.55. The van der Waals surface area contributed by atoms with Gasteiger partial charge in [0.2, 0.25) is 0 Å². The number of carbonyl (C=O) groups excluding carboxylic acids is 1. The molecule has 2 aromatic rings. The van der Waals surface area contributed by atoms with E-state index in [4.69, 9.17) is 5.11 Å². The SMILES string of the molecule is Cn1ccc(NC(=O)c2cccc(C#CCCO)c2)n1. The van der Waals surface area contributed by atoms with Crippen molar-refractivity contribution in [2.24, 2.45) is 7.05 Å². The summed E-state index contributed by atoms with van der Waals surface area (Å²) in [6, 6.07) is 8.75. The molecule has 1 amide bonds. The highest BCUT2D eigenvalue weighted by Gasteiger charge is 2.07. The van der Waals surface area contributed by atoms with Crippen molar-refractivity contribution < 1.29 is 9.90 Å². The van der Waals surface area contributed by atoms with Gasteiger partial charge in [0, 0.05) is 36.9 Å². The first-order valence-electron chi connectivity index (χ1n) is 6.20. The Morgan fingerprint density at radius 2 is 2.30 bits per heavy atom. The Morgan fingerprint density at radius 1 is 1.45 bits per heavy atom. The number of carbonyl (C=O) groups is 1. The molecule has 0 unspecified atom stereocenters. The van der Waals surface area contributed by atoms with Crippen LogP contribution in [0.15, 0.2) is 36.5 Å². The number of nitrogens with one attached hydrogen (secondary N) is 1. The van der Waals surface area contributed by atoms with Gasteiger partial charge >= 0.3 is 0 Å². The molecule has 2 N–H and O–H groups in total. The fraction of sp³-hybridized carbons (Fsp3) is 0.200. The van der Waals surface area contributed by atoms with Crippen LogP contribution in [-0.4, -0.2) is 27.4 Å². The highest BCUT2D eigenvalue weighted by molar-refractivity contribution is 6.03. The first kappa shape index (κ1) is 13.8. The molecule has 1 aromatic heterocycles. The Balaban J connectivity index is 2.10. The molecule has 5 heteroatoms. The highest BCUT2D eigenvalue weighted by atomic mass is 16.2. The molecule has 20 heavy (non-hydrogen) atoms.